The number of amides is 2. The topological polar surface area (TPSA) is 100 Å². The van der Waals surface area contributed by atoms with E-state index < -0.39 is 0 Å². The van der Waals surface area contributed by atoms with Crippen LogP contribution in [0.5, 0.6) is 0 Å². The molecule has 3 aromatic rings. The number of anilines is 1. The van der Waals surface area contributed by atoms with E-state index in [0.29, 0.717) is 22.5 Å². The van der Waals surface area contributed by atoms with Gasteiger partial charge in [0, 0.05) is 25.8 Å². The molecule has 180 valence electrons. The van der Waals surface area contributed by atoms with Gasteiger partial charge in [0.2, 0.25) is 5.95 Å². The lowest BCUT2D eigenvalue weighted by Gasteiger charge is -2.32. The molecule has 0 bridgehead atoms. The van der Waals surface area contributed by atoms with Crippen LogP contribution in [0.15, 0.2) is 52.9 Å². The van der Waals surface area contributed by atoms with Crippen LogP contribution in [0.1, 0.15) is 30.7 Å². The second-order valence-corrected chi connectivity index (χ2v) is 10.5. The monoisotopic (exact) mass is 506 g/mol. The minimum atomic E-state index is -0.374. The highest BCUT2D eigenvalue weighted by Crippen LogP contribution is 2.27. The Labute approximate surface area is 212 Å². The molecule has 10 heteroatoms. The molecule has 2 N–H and O–H groups in total. The van der Waals surface area contributed by atoms with E-state index in [1.165, 1.54) is 4.88 Å². The van der Waals surface area contributed by atoms with Gasteiger partial charge in [0.05, 0.1) is 26.9 Å². The maximum Gasteiger partial charge on any atom is 0.290 e. The van der Waals surface area contributed by atoms with E-state index >= 15 is 0 Å². The zero-order chi connectivity index (χ0) is 24.0. The van der Waals surface area contributed by atoms with Crippen molar-refractivity contribution >= 4 is 46.3 Å². The van der Waals surface area contributed by atoms with Gasteiger partial charge in [0.15, 0.2) is 0 Å². The summed E-state index contributed by atoms with van der Waals surface area (Å²) >= 11 is 2.61. The number of nitrogens with zero attached hydrogens (tertiary/aromatic N) is 4. The number of hydrogen-bond acceptors (Lipinski definition) is 9. The van der Waals surface area contributed by atoms with E-state index in [1.54, 1.807) is 29.7 Å². The maximum absolute atomic E-state index is 11.8. The molecule has 5 rings (SSSR count). The first-order valence-electron chi connectivity index (χ1n) is 11.7. The molecule has 3 aromatic heterocycles. The molecule has 8 nitrogen and oxygen atoms in total. The first-order chi connectivity index (χ1) is 17.1. The lowest BCUT2D eigenvalue weighted by molar-refractivity contribution is -0.115. The number of piperidine rings is 1. The summed E-state index contributed by atoms with van der Waals surface area (Å²) in [7, 11) is 0. The van der Waals surface area contributed by atoms with E-state index in [1.807, 2.05) is 0 Å². The number of carbonyl (C=O) groups excluding carboxylic acids is 2. The van der Waals surface area contributed by atoms with Crippen LogP contribution in [0, 0.1) is 5.92 Å². The number of nitrogens with one attached hydrogen (secondary N) is 2. The fourth-order valence-electron chi connectivity index (χ4n) is 4.23. The van der Waals surface area contributed by atoms with Crippen molar-refractivity contribution in [3.8, 4) is 10.6 Å². The van der Waals surface area contributed by atoms with Gasteiger partial charge < -0.3 is 10.2 Å². The largest absolute Gasteiger partial charge is 0.341 e. The van der Waals surface area contributed by atoms with Gasteiger partial charge in [-0.25, -0.2) is 9.97 Å². The Morgan fingerprint density at radius 1 is 1.11 bits per heavy atom. The predicted molar refractivity (Wildman–Crippen MR) is 140 cm³/mol. The van der Waals surface area contributed by atoms with Crippen molar-refractivity contribution in [2.24, 2.45) is 5.92 Å². The lowest BCUT2D eigenvalue weighted by atomic mass is 9.94. The fraction of sp³-hybridized carbons (Fsp3) is 0.320. The summed E-state index contributed by atoms with van der Waals surface area (Å²) in [6, 6.07) is 12.1. The third-order valence-electron chi connectivity index (χ3n) is 6.10. The number of hydrogen-bond donors (Lipinski definition) is 2. The van der Waals surface area contributed by atoms with Gasteiger partial charge in [-0.1, -0.05) is 12.1 Å². The van der Waals surface area contributed by atoms with Gasteiger partial charge >= 0.3 is 0 Å². The molecule has 0 aliphatic carbocycles. The molecule has 0 unspecified atom stereocenters. The van der Waals surface area contributed by atoms with Gasteiger partial charge in [0.1, 0.15) is 0 Å². The third kappa shape index (κ3) is 6.14. The summed E-state index contributed by atoms with van der Waals surface area (Å²) in [5.41, 5.74) is 2.73. The molecule has 35 heavy (non-hydrogen) atoms. The Morgan fingerprint density at radius 2 is 2.00 bits per heavy atom. The van der Waals surface area contributed by atoms with E-state index in [-0.39, 0.29) is 11.1 Å². The van der Waals surface area contributed by atoms with Gasteiger partial charge in [0.25, 0.3) is 11.1 Å². The van der Waals surface area contributed by atoms with Crippen LogP contribution in [-0.4, -0.2) is 45.7 Å². The van der Waals surface area contributed by atoms with E-state index in [0.717, 1.165) is 68.6 Å². The smallest absolute Gasteiger partial charge is 0.290 e. The number of thioether (sulfide) groups is 1. The Kier molecular flexibility index (Phi) is 7.51. The van der Waals surface area contributed by atoms with Gasteiger partial charge in [-0.05, 0) is 79.2 Å². The second kappa shape index (κ2) is 11.1. The fourth-order valence-corrected chi connectivity index (χ4v) is 5.60. The van der Waals surface area contributed by atoms with Gasteiger partial charge in [-0.15, -0.1) is 11.3 Å². The SMILES string of the molecule is O=C1NC(=O)/C(=C/c2ccnc(N3CCC(CCNCc4cccc(-c5cccs5)n4)CC3)n2)S1. The van der Waals surface area contributed by atoms with E-state index in [9.17, 15) is 9.59 Å². The zero-order valence-electron chi connectivity index (χ0n) is 19.1. The van der Waals surface area contributed by atoms with Gasteiger partial charge in [-0.2, -0.15) is 0 Å². The van der Waals surface area contributed by atoms with Crippen LogP contribution >= 0.6 is 23.1 Å². The summed E-state index contributed by atoms with van der Waals surface area (Å²) in [4.78, 5) is 40.7. The highest BCUT2D eigenvalue weighted by molar-refractivity contribution is 8.18. The zero-order valence-corrected chi connectivity index (χ0v) is 20.8. The van der Waals surface area contributed by atoms with E-state index in [4.69, 9.17) is 4.98 Å². The molecule has 0 radical (unpaired) electrons. The van der Waals surface area contributed by atoms with Crippen molar-refractivity contribution in [2.75, 3.05) is 24.5 Å². The van der Waals surface area contributed by atoms with Crippen LogP contribution in [0.25, 0.3) is 16.6 Å². The minimum absolute atomic E-state index is 0.352. The number of aromatic nitrogens is 3. The van der Waals surface area contributed by atoms with Crippen molar-refractivity contribution < 1.29 is 9.59 Å². The van der Waals surface area contributed by atoms with Crippen molar-refractivity contribution in [1.29, 1.82) is 0 Å². The molecular weight excluding hydrogens is 480 g/mol. The Hall–Kier alpha value is -3.08. The predicted octanol–water partition coefficient (Wildman–Crippen LogP) is 4.32. The molecular formula is C25H26N6O2S2. The number of carbonyl (C=O) groups is 2. The van der Waals surface area contributed by atoms with Crippen LogP contribution in [0.3, 0.4) is 0 Å². The van der Waals surface area contributed by atoms with Crippen molar-refractivity contribution in [3.63, 3.8) is 0 Å². The van der Waals surface area contributed by atoms with E-state index in [2.05, 4.69) is 61.2 Å². The first-order valence-corrected chi connectivity index (χ1v) is 13.4. The standard InChI is InChI=1S/C25H26N6O2S2/c32-23-22(35-25(33)30-23)15-18-7-11-27-24(29-18)31-12-8-17(9-13-31)6-10-26-16-19-3-1-4-20(28-19)21-5-2-14-34-21/h1-5,7,11,14-15,17,26H,6,8-10,12-13,16H2,(H,30,32,33)/b22-15-. The second-order valence-electron chi connectivity index (χ2n) is 8.52. The molecule has 0 saturated carbocycles. The normalized spacial score (nSPS) is 17.8. The Morgan fingerprint density at radius 3 is 2.77 bits per heavy atom. The summed E-state index contributed by atoms with van der Waals surface area (Å²) in [6.07, 6.45) is 6.65. The van der Waals surface area contributed by atoms with Crippen LogP contribution in [-0.2, 0) is 11.3 Å². The highest BCUT2D eigenvalue weighted by Gasteiger charge is 2.25. The average molecular weight is 507 g/mol. The summed E-state index contributed by atoms with van der Waals surface area (Å²) in [6.45, 7) is 3.55. The highest BCUT2D eigenvalue weighted by atomic mass is 32.2. The third-order valence-corrected chi connectivity index (χ3v) is 7.80. The molecule has 2 aliphatic rings. The molecule has 2 fully saturated rings. The number of imide groups is 1. The number of thiophene rings is 1. The summed E-state index contributed by atoms with van der Waals surface area (Å²) in [5, 5.41) is 7.54. The minimum Gasteiger partial charge on any atom is -0.341 e. The van der Waals surface area contributed by atoms with Crippen LogP contribution in [0.2, 0.25) is 0 Å². The molecule has 0 spiro atoms. The molecule has 2 aliphatic heterocycles. The molecule has 2 saturated heterocycles. The first kappa shape index (κ1) is 23.7. The maximum atomic E-state index is 11.8. The Balaban J connectivity index is 1.07. The summed E-state index contributed by atoms with van der Waals surface area (Å²) < 4.78 is 0. The summed E-state index contributed by atoms with van der Waals surface area (Å²) in [5.74, 6) is 0.960. The lowest BCUT2D eigenvalue weighted by Crippen LogP contribution is -2.35. The molecule has 2 amide bonds. The van der Waals surface area contributed by atoms with Crippen molar-refractivity contribution in [3.05, 3.63) is 64.3 Å². The molecule has 0 aromatic carbocycles. The average Bonchev–Trinajstić information content (AvgIpc) is 3.52. The number of rotatable bonds is 8. The molecule has 0 atom stereocenters. The van der Waals surface area contributed by atoms with Crippen LogP contribution < -0.4 is 15.5 Å². The molecule has 5 heterocycles. The quantitative estimate of drug-likeness (QED) is 0.344. The Bertz CT molecular complexity index is 1220. The van der Waals surface area contributed by atoms with Crippen molar-refractivity contribution in [2.45, 2.75) is 25.8 Å². The van der Waals surface area contributed by atoms with Gasteiger partial charge in [-0.3, -0.25) is 19.9 Å². The number of pyridine rings is 1. The van der Waals surface area contributed by atoms with Crippen molar-refractivity contribution in [1.82, 2.24) is 25.6 Å². The van der Waals surface area contributed by atoms with Crippen LogP contribution in [0.4, 0.5) is 10.7 Å².